The third-order valence-corrected chi connectivity index (χ3v) is 5.45. The number of pyridine rings is 1. The van der Waals surface area contributed by atoms with E-state index in [1.54, 1.807) is 24.5 Å². The Hall–Kier alpha value is -2.21. The van der Waals surface area contributed by atoms with E-state index in [0.29, 0.717) is 18.0 Å². The van der Waals surface area contributed by atoms with E-state index in [9.17, 15) is 4.79 Å². The summed E-state index contributed by atoms with van der Waals surface area (Å²) in [7, 11) is 0. The van der Waals surface area contributed by atoms with Gasteiger partial charge in [0.15, 0.2) is 0 Å². The monoisotopic (exact) mass is 339 g/mol. The lowest BCUT2D eigenvalue weighted by molar-refractivity contribution is 0.0930. The van der Waals surface area contributed by atoms with E-state index in [-0.39, 0.29) is 5.91 Å². The Kier molecular flexibility index (Phi) is 4.78. The van der Waals surface area contributed by atoms with Gasteiger partial charge in [-0.25, -0.2) is 0 Å². The van der Waals surface area contributed by atoms with Gasteiger partial charge in [-0.15, -0.1) is 0 Å². The van der Waals surface area contributed by atoms with Crippen LogP contribution in [0.25, 0.3) is 0 Å². The highest BCUT2D eigenvalue weighted by Gasteiger charge is 2.30. The zero-order chi connectivity index (χ0) is 17.1. The molecule has 2 aliphatic rings. The van der Waals surface area contributed by atoms with Gasteiger partial charge in [0.05, 0.1) is 11.3 Å². The lowest BCUT2D eigenvalue weighted by Crippen LogP contribution is -2.42. The van der Waals surface area contributed by atoms with Crippen molar-refractivity contribution in [1.82, 2.24) is 25.0 Å². The molecule has 2 aromatic heterocycles. The van der Waals surface area contributed by atoms with Crippen molar-refractivity contribution in [3.8, 4) is 0 Å². The first-order chi connectivity index (χ1) is 12.3. The standard InChI is InChI=1S/C19H25N5O/c25-19(16-3-2-8-20-11-16)21-9-6-15-12-23(17-4-1-5-17)14-18-7-10-22-24(18)13-15/h2-3,7-8,10-11,15,17H,1,4-6,9,12-14H2,(H,21,25). The summed E-state index contributed by atoms with van der Waals surface area (Å²) in [6, 6.07) is 6.45. The highest BCUT2D eigenvalue weighted by molar-refractivity contribution is 5.93. The molecule has 1 aliphatic carbocycles. The number of rotatable bonds is 5. The Morgan fingerprint density at radius 3 is 2.92 bits per heavy atom. The summed E-state index contributed by atoms with van der Waals surface area (Å²) in [6.07, 6.45) is 10.1. The number of hydrogen-bond acceptors (Lipinski definition) is 4. The maximum atomic E-state index is 12.2. The summed E-state index contributed by atoms with van der Waals surface area (Å²) >= 11 is 0. The molecule has 1 atom stereocenters. The molecule has 0 spiro atoms. The van der Waals surface area contributed by atoms with Gasteiger partial charge in [-0.3, -0.25) is 19.4 Å². The average molecular weight is 339 g/mol. The van der Waals surface area contributed by atoms with Crippen molar-refractivity contribution in [2.24, 2.45) is 5.92 Å². The molecule has 0 aromatic carbocycles. The minimum absolute atomic E-state index is 0.0441. The number of nitrogens with zero attached hydrogens (tertiary/aromatic N) is 4. The van der Waals surface area contributed by atoms with E-state index < -0.39 is 0 Å². The Morgan fingerprint density at radius 1 is 1.24 bits per heavy atom. The van der Waals surface area contributed by atoms with Crippen LogP contribution in [0.3, 0.4) is 0 Å². The second kappa shape index (κ2) is 7.35. The Balaban J connectivity index is 1.35. The van der Waals surface area contributed by atoms with Crippen molar-refractivity contribution in [3.63, 3.8) is 0 Å². The molecule has 6 nitrogen and oxygen atoms in total. The highest BCUT2D eigenvalue weighted by Crippen LogP contribution is 2.29. The smallest absolute Gasteiger partial charge is 0.252 e. The zero-order valence-electron chi connectivity index (χ0n) is 14.5. The molecule has 0 radical (unpaired) electrons. The van der Waals surface area contributed by atoms with Gasteiger partial charge in [-0.1, -0.05) is 6.42 Å². The predicted octanol–water partition coefficient (Wildman–Crippen LogP) is 2.08. The van der Waals surface area contributed by atoms with Gasteiger partial charge in [0.2, 0.25) is 0 Å². The van der Waals surface area contributed by atoms with Crippen LogP contribution in [-0.2, 0) is 13.1 Å². The van der Waals surface area contributed by atoms with Crippen molar-refractivity contribution in [2.75, 3.05) is 13.1 Å². The van der Waals surface area contributed by atoms with Crippen LogP contribution in [0, 0.1) is 5.92 Å². The lowest BCUT2D eigenvalue weighted by Gasteiger charge is -2.38. The molecule has 6 heteroatoms. The normalized spacial score (nSPS) is 21.2. The first-order valence-electron chi connectivity index (χ1n) is 9.22. The number of hydrogen-bond donors (Lipinski definition) is 1. The number of aromatic nitrogens is 3. The molecule has 2 aromatic rings. The van der Waals surface area contributed by atoms with Crippen LogP contribution in [0.4, 0.5) is 0 Å². The van der Waals surface area contributed by atoms with E-state index in [1.807, 2.05) is 6.20 Å². The first-order valence-corrected chi connectivity index (χ1v) is 9.22. The summed E-state index contributed by atoms with van der Waals surface area (Å²) in [4.78, 5) is 18.8. The fourth-order valence-electron chi connectivity index (χ4n) is 3.77. The van der Waals surface area contributed by atoms with Crippen molar-refractivity contribution < 1.29 is 4.79 Å². The molecule has 3 heterocycles. The molecular formula is C19H25N5O. The second-order valence-corrected chi connectivity index (χ2v) is 7.17. The molecular weight excluding hydrogens is 314 g/mol. The molecule has 132 valence electrons. The van der Waals surface area contributed by atoms with Crippen molar-refractivity contribution >= 4 is 5.91 Å². The van der Waals surface area contributed by atoms with Crippen LogP contribution < -0.4 is 5.32 Å². The third-order valence-electron chi connectivity index (χ3n) is 5.45. The molecule has 0 bridgehead atoms. The fraction of sp³-hybridized carbons (Fsp3) is 0.526. The first kappa shape index (κ1) is 16.3. The molecule has 1 saturated carbocycles. The summed E-state index contributed by atoms with van der Waals surface area (Å²) in [6.45, 7) is 3.72. The van der Waals surface area contributed by atoms with Crippen molar-refractivity contribution in [3.05, 3.63) is 48.0 Å². The fourth-order valence-corrected chi connectivity index (χ4v) is 3.77. The van der Waals surface area contributed by atoms with E-state index in [0.717, 1.165) is 32.1 Å². The van der Waals surface area contributed by atoms with Crippen LogP contribution in [0.15, 0.2) is 36.8 Å². The Labute approximate surface area is 148 Å². The SMILES string of the molecule is O=C(NCCC1CN(C2CCC2)Cc2ccnn2C1)c1cccnc1. The summed E-state index contributed by atoms with van der Waals surface area (Å²) < 4.78 is 2.15. The molecule has 1 fully saturated rings. The molecule has 4 rings (SSSR count). The number of amides is 1. The van der Waals surface area contributed by atoms with E-state index >= 15 is 0 Å². The molecule has 1 N–H and O–H groups in total. The molecule has 1 unspecified atom stereocenters. The molecule has 1 amide bonds. The summed E-state index contributed by atoms with van der Waals surface area (Å²) in [5.74, 6) is 0.466. The maximum Gasteiger partial charge on any atom is 0.252 e. The second-order valence-electron chi connectivity index (χ2n) is 7.17. The van der Waals surface area contributed by atoms with Gasteiger partial charge in [0.1, 0.15) is 0 Å². The number of fused-ring (bicyclic) bond motifs is 1. The van der Waals surface area contributed by atoms with Crippen LogP contribution in [-0.4, -0.2) is 44.7 Å². The van der Waals surface area contributed by atoms with E-state index in [1.165, 1.54) is 25.0 Å². The van der Waals surface area contributed by atoms with Crippen LogP contribution in [0.1, 0.15) is 41.7 Å². The minimum Gasteiger partial charge on any atom is -0.352 e. The van der Waals surface area contributed by atoms with Gasteiger partial charge in [0.25, 0.3) is 5.91 Å². The van der Waals surface area contributed by atoms with Gasteiger partial charge in [0, 0.05) is 50.8 Å². The number of carbonyl (C=O) groups excluding carboxylic acids is 1. The van der Waals surface area contributed by atoms with E-state index in [4.69, 9.17) is 0 Å². The number of nitrogens with one attached hydrogen (secondary N) is 1. The summed E-state index contributed by atoms with van der Waals surface area (Å²) in [5, 5.41) is 7.52. The Morgan fingerprint density at radius 2 is 2.16 bits per heavy atom. The lowest BCUT2D eigenvalue weighted by atomic mass is 9.90. The molecule has 0 saturated heterocycles. The zero-order valence-corrected chi connectivity index (χ0v) is 14.5. The van der Waals surface area contributed by atoms with Crippen molar-refractivity contribution in [1.29, 1.82) is 0 Å². The topological polar surface area (TPSA) is 63.1 Å². The quantitative estimate of drug-likeness (QED) is 0.906. The number of carbonyl (C=O) groups is 1. The van der Waals surface area contributed by atoms with E-state index in [2.05, 4.69) is 31.0 Å². The summed E-state index contributed by atoms with van der Waals surface area (Å²) in [5.41, 5.74) is 1.93. The molecule has 25 heavy (non-hydrogen) atoms. The van der Waals surface area contributed by atoms with Crippen LogP contribution in [0.2, 0.25) is 0 Å². The van der Waals surface area contributed by atoms with Crippen molar-refractivity contribution in [2.45, 2.75) is 44.8 Å². The Bertz CT molecular complexity index is 710. The van der Waals surface area contributed by atoms with Gasteiger partial charge >= 0.3 is 0 Å². The predicted molar refractivity (Wildman–Crippen MR) is 95.0 cm³/mol. The van der Waals surface area contributed by atoms with Crippen LogP contribution >= 0.6 is 0 Å². The highest BCUT2D eigenvalue weighted by atomic mass is 16.1. The third kappa shape index (κ3) is 3.74. The minimum atomic E-state index is -0.0441. The van der Waals surface area contributed by atoms with Crippen LogP contribution in [0.5, 0.6) is 0 Å². The average Bonchev–Trinajstić information content (AvgIpc) is 2.93. The maximum absolute atomic E-state index is 12.2. The van der Waals surface area contributed by atoms with Gasteiger partial charge < -0.3 is 5.32 Å². The van der Waals surface area contributed by atoms with Gasteiger partial charge in [-0.2, -0.15) is 5.10 Å². The molecule has 1 aliphatic heterocycles. The van der Waals surface area contributed by atoms with Gasteiger partial charge in [-0.05, 0) is 43.4 Å². The largest absolute Gasteiger partial charge is 0.352 e.